The Morgan fingerprint density at radius 1 is 1.07 bits per heavy atom. The number of aliphatic hydroxyl groups is 1. The third-order valence-corrected chi connectivity index (χ3v) is 5.63. The molecular weight excluding hydrogens is 350 g/mol. The standard InChI is InChI=1S/C24H31NO3/c1-25(2)17-21-9-5-7-19(15-18-11-13-22(27-3)14-12-18)24(21,26)20-8-6-10-23(16-20)28-4/h6,8,10-16,21,26H,5,7,9,17H2,1-4H3. The molecule has 2 aromatic rings. The van der Waals surface area contributed by atoms with Gasteiger partial charge < -0.3 is 19.5 Å². The maximum Gasteiger partial charge on any atom is 0.119 e. The van der Waals surface area contributed by atoms with Crippen molar-refractivity contribution in [3.8, 4) is 11.5 Å². The van der Waals surface area contributed by atoms with Crippen molar-refractivity contribution in [2.45, 2.75) is 24.9 Å². The van der Waals surface area contributed by atoms with Gasteiger partial charge in [-0.3, -0.25) is 0 Å². The summed E-state index contributed by atoms with van der Waals surface area (Å²) in [6, 6.07) is 15.8. The van der Waals surface area contributed by atoms with Crippen molar-refractivity contribution in [2.75, 3.05) is 34.9 Å². The van der Waals surface area contributed by atoms with Crippen LogP contribution in [-0.2, 0) is 5.60 Å². The Labute approximate surface area is 168 Å². The highest BCUT2D eigenvalue weighted by atomic mass is 16.5. The van der Waals surface area contributed by atoms with Crippen molar-refractivity contribution >= 4 is 6.08 Å². The third kappa shape index (κ3) is 4.23. The molecule has 2 unspecified atom stereocenters. The van der Waals surface area contributed by atoms with Gasteiger partial charge in [0.2, 0.25) is 0 Å². The first-order chi connectivity index (χ1) is 13.5. The maximum atomic E-state index is 12.1. The van der Waals surface area contributed by atoms with Gasteiger partial charge in [0.25, 0.3) is 0 Å². The van der Waals surface area contributed by atoms with Gasteiger partial charge in [-0.2, -0.15) is 0 Å². The third-order valence-electron chi connectivity index (χ3n) is 5.63. The van der Waals surface area contributed by atoms with Crippen molar-refractivity contribution in [3.05, 3.63) is 65.2 Å². The van der Waals surface area contributed by atoms with E-state index in [9.17, 15) is 5.11 Å². The van der Waals surface area contributed by atoms with E-state index in [0.29, 0.717) is 0 Å². The van der Waals surface area contributed by atoms with Gasteiger partial charge >= 0.3 is 0 Å². The van der Waals surface area contributed by atoms with E-state index in [0.717, 1.165) is 54.0 Å². The summed E-state index contributed by atoms with van der Waals surface area (Å²) in [6.45, 7) is 0.827. The molecule has 1 saturated carbocycles. The first kappa shape index (κ1) is 20.4. The highest BCUT2D eigenvalue weighted by Crippen LogP contribution is 2.47. The minimum absolute atomic E-state index is 0.118. The Bertz CT molecular complexity index is 813. The van der Waals surface area contributed by atoms with E-state index in [1.165, 1.54) is 0 Å². The van der Waals surface area contributed by atoms with Gasteiger partial charge in [-0.05, 0) is 74.3 Å². The summed E-state index contributed by atoms with van der Waals surface area (Å²) < 4.78 is 10.7. The molecule has 150 valence electrons. The summed E-state index contributed by atoms with van der Waals surface area (Å²) in [5, 5.41) is 12.1. The molecule has 0 aliphatic heterocycles. The van der Waals surface area contributed by atoms with E-state index in [2.05, 4.69) is 25.1 Å². The topological polar surface area (TPSA) is 41.9 Å². The zero-order valence-corrected chi connectivity index (χ0v) is 17.3. The molecular formula is C24H31NO3. The Balaban J connectivity index is 2.07. The van der Waals surface area contributed by atoms with E-state index in [1.807, 2.05) is 48.5 Å². The van der Waals surface area contributed by atoms with Crippen LogP contribution in [0.4, 0.5) is 0 Å². The van der Waals surface area contributed by atoms with E-state index in [1.54, 1.807) is 14.2 Å². The predicted molar refractivity (Wildman–Crippen MR) is 114 cm³/mol. The Kier molecular flexibility index (Phi) is 6.42. The van der Waals surface area contributed by atoms with Crippen molar-refractivity contribution < 1.29 is 14.6 Å². The quantitative estimate of drug-likeness (QED) is 0.808. The van der Waals surface area contributed by atoms with Crippen LogP contribution in [0.15, 0.2) is 54.1 Å². The molecule has 0 saturated heterocycles. The molecule has 4 heteroatoms. The molecule has 0 radical (unpaired) electrons. The van der Waals surface area contributed by atoms with Crippen LogP contribution in [0.2, 0.25) is 0 Å². The van der Waals surface area contributed by atoms with Gasteiger partial charge in [-0.15, -0.1) is 0 Å². The number of nitrogens with zero attached hydrogens (tertiary/aromatic N) is 1. The van der Waals surface area contributed by atoms with Crippen LogP contribution in [-0.4, -0.2) is 44.9 Å². The molecule has 2 aromatic carbocycles. The molecule has 3 rings (SSSR count). The highest BCUT2D eigenvalue weighted by Gasteiger charge is 2.44. The van der Waals surface area contributed by atoms with E-state index < -0.39 is 5.60 Å². The van der Waals surface area contributed by atoms with Gasteiger partial charge in [-0.25, -0.2) is 0 Å². The zero-order chi connectivity index (χ0) is 20.1. The Morgan fingerprint density at radius 2 is 1.79 bits per heavy atom. The summed E-state index contributed by atoms with van der Waals surface area (Å²) in [5.74, 6) is 1.72. The molecule has 0 bridgehead atoms. The lowest BCUT2D eigenvalue weighted by Gasteiger charge is -2.44. The molecule has 0 aromatic heterocycles. The summed E-state index contributed by atoms with van der Waals surface area (Å²) in [5.41, 5.74) is 2.02. The lowest BCUT2D eigenvalue weighted by Crippen LogP contribution is -2.44. The predicted octanol–water partition coefficient (Wildman–Crippen LogP) is 4.34. The molecule has 1 fully saturated rings. The second-order valence-electron chi connectivity index (χ2n) is 7.79. The van der Waals surface area contributed by atoms with Gasteiger partial charge in [0, 0.05) is 12.5 Å². The summed E-state index contributed by atoms with van der Waals surface area (Å²) in [7, 11) is 7.46. The number of methoxy groups -OCH3 is 2. The number of ether oxygens (including phenoxy) is 2. The van der Waals surface area contributed by atoms with E-state index in [-0.39, 0.29) is 5.92 Å². The average molecular weight is 382 g/mol. The monoisotopic (exact) mass is 381 g/mol. The molecule has 1 N–H and O–H groups in total. The minimum Gasteiger partial charge on any atom is -0.497 e. The lowest BCUT2D eigenvalue weighted by molar-refractivity contribution is -0.0175. The fraction of sp³-hybridized carbons (Fsp3) is 0.417. The van der Waals surface area contributed by atoms with Crippen molar-refractivity contribution in [3.63, 3.8) is 0 Å². The number of benzene rings is 2. The molecule has 0 heterocycles. The van der Waals surface area contributed by atoms with Gasteiger partial charge in [0.15, 0.2) is 0 Å². The van der Waals surface area contributed by atoms with Crippen LogP contribution in [0.1, 0.15) is 30.4 Å². The molecule has 0 amide bonds. The Hall–Kier alpha value is -2.30. The smallest absolute Gasteiger partial charge is 0.119 e. The van der Waals surface area contributed by atoms with Crippen molar-refractivity contribution in [1.29, 1.82) is 0 Å². The minimum atomic E-state index is -1.02. The lowest BCUT2D eigenvalue weighted by atomic mass is 9.67. The van der Waals surface area contributed by atoms with Crippen LogP contribution < -0.4 is 9.47 Å². The summed E-state index contributed by atoms with van der Waals surface area (Å²) >= 11 is 0. The number of hydrogen-bond donors (Lipinski definition) is 1. The normalized spacial score (nSPS) is 23.8. The van der Waals surface area contributed by atoms with Crippen LogP contribution >= 0.6 is 0 Å². The summed E-state index contributed by atoms with van der Waals surface area (Å²) in [4.78, 5) is 2.16. The van der Waals surface area contributed by atoms with Crippen LogP contribution in [0.3, 0.4) is 0 Å². The molecule has 4 nitrogen and oxygen atoms in total. The number of hydrogen-bond acceptors (Lipinski definition) is 4. The fourth-order valence-corrected chi connectivity index (χ4v) is 4.23. The van der Waals surface area contributed by atoms with Crippen LogP contribution in [0.5, 0.6) is 11.5 Å². The molecule has 1 aliphatic rings. The molecule has 0 spiro atoms. The highest BCUT2D eigenvalue weighted by molar-refractivity contribution is 5.58. The zero-order valence-electron chi connectivity index (χ0n) is 17.3. The molecule has 1 aliphatic carbocycles. The average Bonchev–Trinajstić information content (AvgIpc) is 2.71. The largest absolute Gasteiger partial charge is 0.497 e. The van der Waals surface area contributed by atoms with Crippen LogP contribution in [0.25, 0.3) is 6.08 Å². The molecule has 28 heavy (non-hydrogen) atoms. The number of rotatable bonds is 6. The van der Waals surface area contributed by atoms with Gasteiger partial charge in [0.05, 0.1) is 14.2 Å². The van der Waals surface area contributed by atoms with Crippen LogP contribution in [0, 0.1) is 5.92 Å². The van der Waals surface area contributed by atoms with Gasteiger partial charge in [-0.1, -0.05) is 30.3 Å². The van der Waals surface area contributed by atoms with E-state index in [4.69, 9.17) is 9.47 Å². The first-order valence-electron chi connectivity index (χ1n) is 9.84. The summed E-state index contributed by atoms with van der Waals surface area (Å²) in [6.07, 6.45) is 5.09. The van der Waals surface area contributed by atoms with Crippen molar-refractivity contribution in [2.24, 2.45) is 5.92 Å². The van der Waals surface area contributed by atoms with Crippen molar-refractivity contribution in [1.82, 2.24) is 4.90 Å². The molecule has 2 atom stereocenters. The van der Waals surface area contributed by atoms with Gasteiger partial charge in [0.1, 0.15) is 17.1 Å². The second-order valence-corrected chi connectivity index (χ2v) is 7.79. The fourth-order valence-electron chi connectivity index (χ4n) is 4.23. The second kappa shape index (κ2) is 8.80. The Morgan fingerprint density at radius 3 is 2.43 bits per heavy atom. The van der Waals surface area contributed by atoms with E-state index >= 15 is 0 Å². The first-order valence-corrected chi connectivity index (χ1v) is 9.84. The SMILES string of the molecule is COc1ccc(C=C2CCCC(CN(C)C)C2(O)c2cccc(OC)c2)cc1. The maximum absolute atomic E-state index is 12.1.